The fourth-order valence-corrected chi connectivity index (χ4v) is 3.03. The van der Waals surface area contributed by atoms with Crippen LogP contribution in [0.25, 0.3) is 0 Å². The third-order valence-electron chi connectivity index (χ3n) is 4.28. The Balaban J connectivity index is 1.71. The van der Waals surface area contributed by atoms with Crippen molar-refractivity contribution in [2.24, 2.45) is 13.0 Å². The first-order valence-electron chi connectivity index (χ1n) is 8.06. The van der Waals surface area contributed by atoms with E-state index in [1.807, 2.05) is 18.7 Å². The number of aromatic nitrogens is 3. The van der Waals surface area contributed by atoms with E-state index in [2.05, 4.69) is 46.4 Å². The van der Waals surface area contributed by atoms with E-state index in [9.17, 15) is 0 Å². The van der Waals surface area contributed by atoms with Gasteiger partial charge in [0.05, 0.1) is 17.9 Å². The number of nitrogens with zero attached hydrogens (tertiary/aromatic N) is 3. The summed E-state index contributed by atoms with van der Waals surface area (Å²) in [5, 5.41) is 8.13. The Bertz CT molecular complexity index is 592. The Hall–Kier alpha value is -1.55. The van der Waals surface area contributed by atoms with Crippen LogP contribution in [0, 0.1) is 12.8 Å². The molecule has 3 rings (SSSR count). The molecule has 0 spiro atoms. The maximum atomic E-state index is 4.42. The number of nitrogens with one attached hydrogen (secondary N) is 1. The SMILES string of the molecule is CCCNC(c1ccn(Cc2cc(C)nn2C)c1)C1CC1. The highest BCUT2D eigenvalue weighted by atomic mass is 15.3. The summed E-state index contributed by atoms with van der Waals surface area (Å²) in [6.07, 6.45) is 8.42. The van der Waals surface area contributed by atoms with Crippen molar-refractivity contribution in [3.8, 4) is 0 Å². The summed E-state index contributed by atoms with van der Waals surface area (Å²) in [7, 11) is 2.02. The van der Waals surface area contributed by atoms with Gasteiger partial charge in [-0.05, 0) is 56.3 Å². The fraction of sp³-hybridized carbons (Fsp3) is 0.588. The van der Waals surface area contributed by atoms with Crippen molar-refractivity contribution in [3.63, 3.8) is 0 Å². The minimum absolute atomic E-state index is 0.541. The molecule has 2 aromatic heterocycles. The molecule has 4 nitrogen and oxygen atoms in total. The zero-order chi connectivity index (χ0) is 14.8. The summed E-state index contributed by atoms with van der Waals surface area (Å²) < 4.78 is 4.25. The van der Waals surface area contributed by atoms with E-state index >= 15 is 0 Å². The van der Waals surface area contributed by atoms with E-state index < -0.39 is 0 Å². The third kappa shape index (κ3) is 3.38. The van der Waals surface area contributed by atoms with Crippen LogP contribution < -0.4 is 5.32 Å². The van der Waals surface area contributed by atoms with Gasteiger partial charge in [-0.2, -0.15) is 5.10 Å². The van der Waals surface area contributed by atoms with Crippen LogP contribution in [0.1, 0.15) is 49.2 Å². The molecule has 0 bridgehead atoms. The van der Waals surface area contributed by atoms with Crippen LogP contribution in [-0.4, -0.2) is 20.9 Å². The summed E-state index contributed by atoms with van der Waals surface area (Å²) in [6.45, 7) is 6.27. The van der Waals surface area contributed by atoms with Crippen molar-refractivity contribution in [2.45, 2.75) is 45.7 Å². The van der Waals surface area contributed by atoms with E-state index in [1.165, 1.54) is 30.5 Å². The van der Waals surface area contributed by atoms with Gasteiger partial charge in [-0.15, -0.1) is 0 Å². The first kappa shape index (κ1) is 14.4. The summed E-state index contributed by atoms with van der Waals surface area (Å²) >= 11 is 0. The normalized spacial score (nSPS) is 16.3. The molecule has 1 unspecified atom stereocenters. The summed E-state index contributed by atoms with van der Waals surface area (Å²) in [5.41, 5.74) is 3.77. The van der Waals surface area contributed by atoms with Gasteiger partial charge in [0.1, 0.15) is 0 Å². The maximum Gasteiger partial charge on any atom is 0.0639 e. The molecular weight excluding hydrogens is 260 g/mol. The molecule has 0 aliphatic heterocycles. The molecule has 4 heteroatoms. The third-order valence-corrected chi connectivity index (χ3v) is 4.28. The Kier molecular flexibility index (Phi) is 4.15. The molecule has 0 radical (unpaired) electrons. The van der Waals surface area contributed by atoms with Gasteiger partial charge in [0.25, 0.3) is 0 Å². The predicted molar refractivity (Wildman–Crippen MR) is 85.2 cm³/mol. The lowest BCUT2D eigenvalue weighted by atomic mass is 10.1. The van der Waals surface area contributed by atoms with Gasteiger partial charge in [-0.3, -0.25) is 4.68 Å². The Morgan fingerprint density at radius 3 is 2.86 bits per heavy atom. The van der Waals surface area contributed by atoms with Crippen molar-refractivity contribution >= 4 is 0 Å². The molecule has 0 saturated heterocycles. The first-order chi connectivity index (χ1) is 10.2. The highest BCUT2D eigenvalue weighted by Gasteiger charge is 2.32. The lowest BCUT2D eigenvalue weighted by molar-refractivity contribution is 0.480. The number of hydrogen-bond donors (Lipinski definition) is 1. The zero-order valence-corrected chi connectivity index (χ0v) is 13.3. The van der Waals surface area contributed by atoms with Gasteiger partial charge >= 0.3 is 0 Å². The molecule has 0 aromatic carbocycles. The Morgan fingerprint density at radius 2 is 2.24 bits per heavy atom. The van der Waals surface area contributed by atoms with Gasteiger partial charge < -0.3 is 9.88 Å². The smallest absolute Gasteiger partial charge is 0.0639 e. The van der Waals surface area contributed by atoms with E-state index in [4.69, 9.17) is 0 Å². The fourth-order valence-electron chi connectivity index (χ4n) is 3.03. The second kappa shape index (κ2) is 6.06. The van der Waals surface area contributed by atoms with Gasteiger partial charge in [0.2, 0.25) is 0 Å². The molecule has 1 fully saturated rings. The Morgan fingerprint density at radius 1 is 1.43 bits per heavy atom. The second-order valence-corrected chi connectivity index (χ2v) is 6.29. The molecule has 1 saturated carbocycles. The van der Waals surface area contributed by atoms with Crippen LogP contribution >= 0.6 is 0 Å². The van der Waals surface area contributed by atoms with E-state index in [0.717, 1.165) is 24.7 Å². The van der Waals surface area contributed by atoms with Crippen LogP contribution in [-0.2, 0) is 13.6 Å². The molecule has 2 aromatic rings. The van der Waals surface area contributed by atoms with Crippen molar-refractivity contribution in [1.29, 1.82) is 0 Å². The molecule has 2 heterocycles. The average Bonchev–Trinajstić information content (AvgIpc) is 3.10. The Labute approximate surface area is 127 Å². The summed E-state index contributed by atoms with van der Waals surface area (Å²) in [4.78, 5) is 0. The number of aryl methyl sites for hydroxylation is 2. The minimum atomic E-state index is 0.541. The van der Waals surface area contributed by atoms with Gasteiger partial charge in [0.15, 0.2) is 0 Å². The number of rotatable bonds is 7. The van der Waals surface area contributed by atoms with Crippen LogP contribution in [0.15, 0.2) is 24.5 Å². The van der Waals surface area contributed by atoms with Crippen LogP contribution in [0.5, 0.6) is 0 Å². The van der Waals surface area contributed by atoms with Gasteiger partial charge in [-0.1, -0.05) is 6.92 Å². The molecule has 0 amide bonds. The van der Waals surface area contributed by atoms with E-state index in [1.54, 1.807) is 0 Å². The van der Waals surface area contributed by atoms with Crippen molar-refractivity contribution in [2.75, 3.05) is 6.54 Å². The predicted octanol–water partition coefficient (Wildman–Crippen LogP) is 3.03. The zero-order valence-electron chi connectivity index (χ0n) is 13.3. The van der Waals surface area contributed by atoms with Crippen LogP contribution in [0.3, 0.4) is 0 Å². The molecule has 1 N–H and O–H groups in total. The lowest BCUT2D eigenvalue weighted by Gasteiger charge is -2.16. The van der Waals surface area contributed by atoms with Crippen LogP contribution in [0.4, 0.5) is 0 Å². The summed E-state index contributed by atoms with van der Waals surface area (Å²) in [6, 6.07) is 4.97. The lowest BCUT2D eigenvalue weighted by Crippen LogP contribution is -2.23. The monoisotopic (exact) mass is 286 g/mol. The van der Waals surface area contributed by atoms with E-state index in [0.29, 0.717) is 6.04 Å². The molecular formula is C17H26N4. The quantitative estimate of drug-likeness (QED) is 0.849. The molecule has 1 aliphatic carbocycles. The topological polar surface area (TPSA) is 34.8 Å². The molecule has 114 valence electrons. The molecule has 21 heavy (non-hydrogen) atoms. The van der Waals surface area contributed by atoms with Crippen molar-refractivity contribution in [1.82, 2.24) is 19.7 Å². The van der Waals surface area contributed by atoms with Crippen molar-refractivity contribution in [3.05, 3.63) is 41.5 Å². The minimum Gasteiger partial charge on any atom is -0.348 e. The maximum absolute atomic E-state index is 4.42. The van der Waals surface area contributed by atoms with E-state index in [-0.39, 0.29) is 0 Å². The standard InChI is InChI=1S/C17H26N4/c1-4-8-18-17(14-5-6-14)15-7-9-21(11-15)12-16-10-13(2)19-20(16)3/h7,9-11,14,17-18H,4-6,8,12H2,1-3H3. The van der Waals surface area contributed by atoms with Crippen LogP contribution in [0.2, 0.25) is 0 Å². The second-order valence-electron chi connectivity index (χ2n) is 6.29. The average molecular weight is 286 g/mol. The highest BCUT2D eigenvalue weighted by Crippen LogP contribution is 2.41. The van der Waals surface area contributed by atoms with Crippen molar-refractivity contribution < 1.29 is 0 Å². The van der Waals surface area contributed by atoms with Gasteiger partial charge in [-0.25, -0.2) is 0 Å². The number of hydrogen-bond acceptors (Lipinski definition) is 2. The summed E-state index contributed by atoms with van der Waals surface area (Å²) in [5.74, 6) is 0.839. The van der Waals surface area contributed by atoms with Gasteiger partial charge in [0, 0.05) is 25.5 Å². The largest absolute Gasteiger partial charge is 0.348 e. The highest BCUT2D eigenvalue weighted by molar-refractivity contribution is 5.20. The first-order valence-corrected chi connectivity index (χ1v) is 8.06. The molecule has 1 aliphatic rings. The molecule has 1 atom stereocenters.